The van der Waals surface area contributed by atoms with Crippen molar-refractivity contribution in [1.82, 2.24) is 15.1 Å². The van der Waals surface area contributed by atoms with Crippen molar-refractivity contribution in [2.24, 2.45) is 5.92 Å². The minimum Gasteiger partial charge on any atom is -0.308 e. The van der Waals surface area contributed by atoms with Gasteiger partial charge in [0.2, 0.25) is 0 Å². The molecule has 2 atom stereocenters. The Kier molecular flexibility index (Phi) is 5.36. The molecular weight excluding hydrogens is 246 g/mol. The Balaban J connectivity index is 2.20. The van der Waals surface area contributed by atoms with E-state index in [9.17, 15) is 0 Å². The lowest BCUT2D eigenvalue weighted by atomic mass is 9.96. The molecule has 0 aliphatic carbocycles. The Hall–Kier alpha value is -1.61. The molecule has 0 amide bonds. The maximum absolute atomic E-state index is 4.76. The smallest absolute Gasteiger partial charge is 0.0801 e. The summed E-state index contributed by atoms with van der Waals surface area (Å²) in [6.45, 7) is 7.75. The fourth-order valence-electron chi connectivity index (χ4n) is 2.36. The van der Waals surface area contributed by atoms with E-state index in [1.165, 1.54) is 0 Å². The average Bonchev–Trinajstić information content (AvgIpc) is 2.98. The van der Waals surface area contributed by atoms with E-state index in [0.717, 1.165) is 30.8 Å². The molecule has 0 aliphatic rings. The van der Waals surface area contributed by atoms with Crippen LogP contribution >= 0.6 is 0 Å². The molecule has 0 bridgehead atoms. The van der Waals surface area contributed by atoms with Crippen LogP contribution in [0.5, 0.6) is 0 Å². The van der Waals surface area contributed by atoms with Gasteiger partial charge in [-0.15, -0.1) is 0 Å². The van der Waals surface area contributed by atoms with Crippen molar-refractivity contribution in [3.8, 4) is 5.69 Å². The van der Waals surface area contributed by atoms with Crippen LogP contribution in [0.4, 0.5) is 0 Å². The van der Waals surface area contributed by atoms with Crippen LogP contribution in [0.25, 0.3) is 5.69 Å². The summed E-state index contributed by atoms with van der Waals surface area (Å²) in [4.78, 5) is 0. The van der Waals surface area contributed by atoms with E-state index in [4.69, 9.17) is 5.10 Å². The van der Waals surface area contributed by atoms with E-state index in [1.54, 1.807) is 0 Å². The van der Waals surface area contributed by atoms with Gasteiger partial charge in [-0.25, -0.2) is 4.68 Å². The standard InChI is InChI=1S/C17H25N3/c1-4-12-18-17(14(3)5-2)16-11-13-20(19-16)15-9-7-6-8-10-15/h6-11,13-14,17-18H,4-5,12H2,1-3H3. The van der Waals surface area contributed by atoms with Crippen LogP contribution in [0.3, 0.4) is 0 Å². The van der Waals surface area contributed by atoms with E-state index < -0.39 is 0 Å². The largest absolute Gasteiger partial charge is 0.308 e. The number of aromatic nitrogens is 2. The highest BCUT2D eigenvalue weighted by molar-refractivity contribution is 5.30. The highest BCUT2D eigenvalue weighted by Gasteiger charge is 2.19. The summed E-state index contributed by atoms with van der Waals surface area (Å²) in [7, 11) is 0. The van der Waals surface area contributed by atoms with Crippen molar-refractivity contribution in [3.63, 3.8) is 0 Å². The Morgan fingerprint density at radius 1 is 1.15 bits per heavy atom. The lowest BCUT2D eigenvalue weighted by Crippen LogP contribution is -2.28. The van der Waals surface area contributed by atoms with Crippen molar-refractivity contribution in [1.29, 1.82) is 0 Å². The van der Waals surface area contributed by atoms with Crippen LogP contribution < -0.4 is 5.32 Å². The fourth-order valence-corrected chi connectivity index (χ4v) is 2.36. The zero-order chi connectivity index (χ0) is 14.4. The van der Waals surface area contributed by atoms with Gasteiger partial charge in [0, 0.05) is 6.20 Å². The van der Waals surface area contributed by atoms with Crippen molar-refractivity contribution < 1.29 is 0 Å². The Morgan fingerprint density at radius 2 is 1.90 bits per heavy atom. The van der Waals surface area contributed by atoms with Crippen LogP contribution in [-0.4, -0.2) is 16.3 Å². The van der Waals surface area contributed by atoms with Crippen molar-refractivity contribution in [3.05, 3.63) is 48.3 Å². The summed E-state index contributed by atoms with van der Waals surface area (Å²) in [6.07, 6.45) is 4.35. The molecule has 2 rings (SSSR count). The van der Waals surface area contributed by atoms with Gasteiger partial charge in [-0.2, -0.15) is 5.10 Å². The summed E-state index contributed by atoms with van der Waals surface area (Å²) in [5.74, 6) is 0.584. The average molecular weight is 271 g/mol. The molecule has 0 aliphatic heterocycles. The lowest BCUT2D eigenvalue weighted by Gasteiger charge is -2.22. The fraction of sp³-hybridized carbons (Fsp3) is 0.471. The Bertz CT molecular complexity index is 504. The zero-order valence-corrected chi connectivity index (χ0v) is 12.7. The Morgan fingerprint density at radius 3 is 2.55 bits per heavy atom. The third-order valence-electron chi connectivity index (χ3n) is 3.78. The van der Waals surface area contributed by atoms with Gasteiger partial charge in [0.05, 0.1) is 17.4 Å². The molecule has 0 spiro atoms. The van der Waals surface area contributed by atoms with Gasteiger partial charge in [-0.05, 0) is 37.1 Å². The summed E-state index contributed by atoms with van der Waals surface area (Å²) in [6, 6.07) is 12.7. The first-order valence-electron chi connectivity index (χ1n) is 7.60. The maximum atomic E-state index is 4.76. The van der Waals surface area contributed by atoms with Crippen LogP contribution in [0.2, 0.25) is 0 Å². The van der Waals surface area contributed by atoms with Gasteiger partial charge in [-0.3, -0.25) is 0 Å². The molecule has 1 heterocycles. The molecule has 20 heavy (non-hydrogen) atoms. The maximum Gasteiger partial charge on any atom is 0.0801 e. The number of hydrogen-bond donors (Lipinski definition) is 1. The number of benzene rings is 1. The summed E-state index contributed by atoms with van der Waals surface area (Å²) in [5.41, 5.74) is 2.24. The first-order chi connectivity index (χ1) is 9.76. The quantitative estimate of drug-likeness (QED) is 0.826. The topological polar surface area (TPSA) is 29.9 Å². The molecule has 1 aromatic heterocycles. The zero-order valence-electron chi connectivity index (χ0n) is 12.7. The molecular formula is C17H25N3. The molecule has 1 N–H and O–H groups in total. The summed E-state index contributed by atoms with van der Waals surface area (Å²) in [5, 5.41) is 8.38. The van der Waals surface area contributed by atoms with Crippen LogP contribution in [0.15, 0.2) is 42.6 Å². The SMILES string of the molecule is CCCNC(c1ccn(-c2ccccc2)n1)C(C)CC. The Labute approximate surface area is 122 Å². The van der Waals surface area contributed by atoms with Crippen LogP contribution in [0, 0.1) is 5.92 Å². The predicted molar refractivity (Wildman–Crippen MR) is 84.1 cm³/mol. The number of para-hydroxylation sites is 1. The van der Waals surface area contributed by atoms with Gasteiger partial charge < -0.3 is 5.32 Å². The van der Waals surface area contributed by atoms with E-state index in [1.807, 2.05) is 29.1 Å². The third kappa shape index (κ3) is 3.48. The van der Waals surface area contributed by atoms with Gasteiger partial charge in [0.1, 0.15) is 0 Å². The molecule has 1 aromatic carbocycles. The minimum atomic E-state index is 0.338. The molecule has 3 heteroatoms. The second-order valence-corrected chi connectivity index (χ2v) is 5.34. The molecule has 0 saturated carbocycles. The predicted octanol–water partition coefficient (Wildman–Crippen LogP) is 3.96. The second kappa shape index (κ2) is 7.25. The van der Waals surface area contributed by atoms with Crippen LogP contribution in [-0.2, 0) is 0 Å². The minimum absolute atomic E-state index is 0.338. The first-order valence-corrected chi connectivity index (χ1v) is 7.60. The molecule has 3 nitrogen and oxygen atoms in total. The number of hydrogen-bond acceptors (Lipinski definition) is 2. The highest BCUT2D eigenvalue weighted by Crippen LogP contribution is 2.23. The van der Waals surface area contributed by atoms with Crippen molar-refractivity contribution in [2.75, 3.05) is 6.54 Å². The van der Waals surface area contributed by atoms with Gasteiger partial charge in [0.25, 0.3) is 0 Å². The molecule has 108 valence electrons. The van der Waals surface area contributed by atoms with Crippen molar-refractivity contribution in [2.45, 2.75) is 39.7 Å². The van der Waals surface area contributed by atoms with E-state index in [2.05, 4.69) is 44.3 Å². The molecule has 0 saturated heterocycles. The van der Waals surface area contributed by atoms with E-state index in [-0.39, 0.29) is 0 Å². The third-order valence-corrected chi connectivity index (χ3v) is 3.78. The van der Waals surface area contributed by atoms with Gasteiger partial charge in [-0.1, -0.05) is 45.4 Å². The highest BCUT2D eigenvalue weighted by atomic mass is 15.3. The lowest BCUT2D eigenvalue weighted by molar-refractivity contribution is 0.368. The first kappa shape index (κ1) is 14.8. The molecule has 2 aromatic rings. The van der Waals surface area contributed by atoms with Crippen molar-refractivity contribution >= 4 is 0 Å². The summed E-state index contributed by atoms with van der Waals surface area (Å²) < 4.78 is 1.96. The number of nitrogens with zero attached hydrogens (tertiary/aromatic N) is 2. The van der Waals surface area contributed by atoms with Gasteiger partial charge >= 0.3 is 0 Å². The molecule has 0 radical (unpaired) electrons. The summed E-state index contributed by atoms with van der Waals surface area (Å²) >= 11 is 0. The van der Waals surface area contributed by atoms with E-state index in [0.29, 0.717) is 12.0 Å². The van der Waals surface area contributed by atoms with E-state index >= 15 is 0 Å². The second-order valence-electron chi connectivity index (χ2n) is 5.34. The molecule has 2 unspecified atom stereocenters. The molecule has 0 fully saturated rings. The number of nitrogens with one attached hydrogen (secondary N) is 1. The van der Waals surface area contributed by atoms with Gasteiger partial charge in [0.15, 0.2) is 0 Å². The normalized spacial score (nSPS) is 14.2. The monoisotopic (exact) mass is 271 g/mol. The van der Waals surface area contributed by atoms with Crippen LogP contribution in [0.1, 0.15) is 45.3 Å². The number of rotatable bonds is 7.